The summed E-state index contributed by atoms with van der Waals surface area (Å²) in [6.45, 7) is 7.44. The van der Waals surface area contributed by atoms with Crippen LogP contribution in [0.4, 0.5) is 0 Å². The van der Waals surface area contributed by atoms with Crippen molar-refractivity contribution in [2.75, 3.05) is 6.61 Å². The molecule has 4 nitrogen and oxygen atoms in total. The van der Waals surface area contributed by atoms with Gasteiger partial charge in [-0.05, 0) is 43.2 Å². The van der Waals surface area contributed by atoms with Gasteiger partial charge in [0.05, 0.1) is 19.3 Å². The molecule has 4 heteroatoms. The van der Waals surface area contributed by atoms with Gasteiger partial charge in [-0.25, -0.2) is 0 Å². The summed E-state index contributed by atoms with van der Waals surface area (Å²) in [7, 11) is 0. The summed E-state index contributed by atoms with van der Waals surface area (Å²) in [5.41, 5.74) is 2.54. The van der Waals surface area contributed by atoms with Crippen LogP contribution in [0.25, 0.3) is 0 Å². The van der Waals surface area contributed by atoms with Gasteiger partial charge in [-0.1, -0.05) is 83.6 Å². The number of hydrogen-bond donors (Lipinski definition) is 1. The molecule has 30 heavy (non-hydrogen) atoms. The van der Waals surface area contributed by atoms with Crippen LogP contribution in [-0.2, 0) is 27.2 Å². The summed E-state index contributed by atoms with van der Waals surface area (Å²) in [4.78, 5) is 0. The first kappa shape index (κ1) is 25.3. The summed E-state index contributed by atoms with van der Waals surface area (Å²) in [5.74, 6) is 0. The molecule has 1 aliphatic rings. The molecule has 0 bridgehead atoms. The van der Waals surface area contributed by atoms with E-state index in [0.29, 0.717) is 19.6 Å². The zero-order chi connectivity index (χ0) is 21.6. The fourth-order valence-corrected chi connectivity index (χ4v) is 3.96. The van der Waals surface area contributed by atoms with E-state index in [1.165, 1.54) is 50.5 Å². The predicted molar refractivity (Wildman–Crippen MR) is 123 cm³/mol. The van der Waals surface area contributed by atoms with Gasteiger partial charge in [0.1, 0.15) is 12.2 Å². The van der Waals surface area contributed by atoms with Crippen LogP contribution in [0.2, 0.25) is 0 Å². The number of unbranched alkanes of at least 4 members (excludes halogenated alkanes) is 6. The Kier molecular flexibility index (Phi) is 12.6. The fourth-order valence-electron chi connectivity index (χ4n) is 3.96. The van der Waals surface area contributed by atoms with E-state index in [9.17, 15) is 5.11 Å². The average molecular weight is 421 g/mol. The maximum absolute atomic E-state index is 10.5. The zero-order valence-corrected chi connectivity index (χ0v) is 19.5. The Morgan fingerprint density at radius 1 is 0.933 bits per heavy atom. The number of aliphatic hydroxyl groups excluding tert-OH is 1. The minimum atomic E-state index is -0.525. The number of ether oxygens (including phenoxy) is 3. The summed E-state index contributed by atoms with van der Waals surface area (Å²) in [6, 6.07) is 8.73. The van der Waals surface area contributed by atoms with E-state index in [4.69, 9.17) is 14.2 Å². The summed E-state index contributed by atoms with van der Waals surface area (Å²) < 4.78 is 18.2. The second-order valence-corrected chi connectivity index (χ2v) is 8.67. The maximum Gasteiger partial charge on any atom is 0.158 e. The largest absolute Gasteiger partial charge is 0.390 e. The Morgan fingerprint density at radius 2 is 1.60 bits per heavy atom. The fraction of sp³-hybridized carbons (Fsp3) is 0.769. The van der Waals surface area contributed by atoms with Crippen LogP contribution in [0.5, 0.6) is 0 Å². The van der Waals surface area contributed by atoms with Crippen molar-refractivity contribution >= 4 is 0 Å². The van der Waals surface area contributed by atoms with Gasteiger partial charge in [-0.3, -0.25) is 0 Å². The molecule has 1 unspecified atom stereocenters. The molecule has 0 aromatic heterocycles. The lowest BCUT2D eigenvalue weighted by atomic mass is 10.0. The molecule has 0 saturated carbocycles. The van der Waals surface area contributed by atoms with Crippen LogP contribution in [-0.4, -0.2) is 36.3 Å². The third kappa shape index (κ3) is 9.05. The van der Waals surface area contributed by atoms with Gasteiger partial charge >= 0.3 is 0 Å². The molecule has 1 aromatic carbocycles. The van der Waals surface area contributed by atoms with Crippen LogP contribution >= 0.6 is 0 Å². The van der Waals surface area contributed by atoms with E-state index in [2.05, 4.69) is 38.1 Å². The van der Waals surface area contributed by atoms with Gasteiger partial charge in [-0.15, -0.1) is 0 Å². The normalized spacial score (nSPS) is 22.9. The van der Waals surface area contributed by atoms with Crippen molar-refractivity contribution in [1.29, 1.82) is 0 Å². The summed E-state index contributed by atoms with van der Waals surface area (Å²) >= 11 is 0. The van der Waals surface area contributed by atoms with Crippen molar-refractivity contribution in [2.24, 2.45) is 0 Å². The molecule has 0 radical (unpaired) electrons. The minimum absolute atomic E-state index is 0.222. The molecule has 1 fully saturated rings. The molecule has 0 aliphatic carbocycles. The number of hydrogen-bond acceptors (Lipinski definition) is 4. The van der Waals surface area contributed by atoms with Gasteiger partial charge in [0.15, 0.2) is 6.29 Å². The number of aryl methyl sites for hydroxylation is 1. The highest BCUT2D eigenvalue weighted by atomic mass is 16.7. The molecule has 172 valence electrons. The molecule has 1 saturated heterocycles. The first-order valence-electron chi connectivity index (χ1n) is 12.3. The molecular formula is C26H44O4. The second kappa shape index (κ2) is 15.0. The van der Waals surface area contributed by atoms with Crippen LogP contribution in [0.15, 0.2) is 24.3 Å². The SMILES string of the molecule is CCCCCCc1ccc(CO[C@@H]2CO[C@H](CCCCCC)O[C@@H]2C(O)CC)cc1. The summed E-state index contributed by atoms with van der Waals surface area (Å²) in [5, 5.41) is 10.5. The van der Waals surface area contributed by atoms with E-state index in [1.807, 2.05) is 6.92 Å². The Balaban J connectivity index is 1.79. The van der Waals surface area contributed by atoms with Gasteiger partial charge in [-0.2, -0.15) is 0 Å². The molecule has 1 aromatic rings. The number of aliphatic hydroxyl groups is 1. The van der Waals surface area contributed by atoms with Crippen LogP contribution in [0.3, 0.4) is 0 Å². The van der Waals surface area contributed by atoms with Crippen molar-refractivity contribution in [2.45, 2.75) is 123 Å². The highest BCUT2D eigenvalue weighted by Crippen LogP contribution is 2.24. The quantitative estimate of drug-likeness (QED) is 0.344. The maximum atomic E-state index is 10.5. The number of rotatable bonds is 15. The lowest BCUT2D eigenvalue weighted by molar-refractivity contribution is -0.283. The Morgan fingerprint density at radius 3 is 2.27 bits per heavy atom. The highest BCUT2D eigenvalue weighted by molar-refractivity contribution is 5.22. The predicted octanol–water partition coefficient (Wildman–Crippen LogP) is 6.18. The van der Waals surface area contributed by atoms with Gasteiger partial charge in [0.25, 0.3) is 0 Å². The Bertz CT molecular complexity index is 544. The highest BCUT2D eigenvalue weighted by Gasteiger charge is 2.36. The van der Waals surface area contributed by atoms with Gasteiger partial charge in [0, 0.05) is 0 Å². The first-order chi connectivity index (χ1) is 14.7. The van der Waals surface area contributed by atoms with E-state index in [-0.39, 0.29) is 18.5 Å². The third-order valence-corrected chi connectivity index (χ3v) is 6.02. The van der Waals surface area contributed by atoms with Gasteiger partial charge in [0.2, 0.25) is 0 Å². The molecule has 4 atom stereocenters. The van der Waals surface area contributed by atoms with E-state index in [1.54, 1.807) is 0 Å². The lowest BCUT2D eigenvalue weighted by Crippen LogP contribution is -2.50. The van der Waals surface area contributed by atoms with E-state index in [0.717, 1.165) is 24.8 Å². The summed E-state index contributed by atoms with van der Waals surface area (Å²) in [6.07, 6.45) is 11.3. The standard InChI is InChI=1S/C26H44O4/c1-4-7-9-11-13-21-15-17-22(18-16-21)19-28-24-20-29-25(14-12-10-8-5-2)30-26(24)23(27)6-3/h15-18,23-27H,4-14,19-20H2,1-3H3/t23?,24-,25+,26-/m1/s1. The molecule has 1 heterocycles. The molecule has 1 aliphatic heterocycles. The van der Waals surface area contributed by atoms with Gasteiger partial charge < -0.3 is 19.3 Å². The Labute approximate surface area is 184 Å². The number of benzene rings is 1. The second-order valence-electron chi connectivity index (χ2n) is 8.67. The molecule has 2 rings (SSSR count). The molecule has 1 N–H and O–H groups in total. The molecule has 0 spiro atoms. The topological polar surface area (TPSA) is 47.9 Å². The minimum Gasteiger partial charge on any atom is -0.390 e. The molecular weight excluding hydrogens is 376 g/mol. The average Bonchev–Trinajstić information content (AvgIpc) is 2.79. The third-order valence-electron chi connectivity index (χ3n) is 6.02. The van der Waals surface area contributed by atoms with Crippen molar-refractivity contribution in [3.05, 3.63) is 35.4 Å². The van der Waals surface area contributed by atoms with Crippen LogP contribution in [0, 0.1) is 0 Å². The first-order valence-corrected chi connectivity index (χ1v) is 12.3. The van der Waals surface area contributed by atoms with E-state index >= 15 is 0 Å². The van der Waals surface area contributed by atoms with Crippen molar-refractivity contribution in [3.63, 3.8) is 0 Å². The zero-order valence-electron chi connectivity index (χ0n) is 19.5. The van der Waals surface area contributed by atoms with E-state index < -0.39 is 6.10 Å². The van der Waals surface area contributed by atoms with Crippen LogP contribution < -0.4 is 0 Å². The van der Waals surface area contributed by atoms with Crippen molar-refractivity contribution in [1.82, 2.24) is 0 Å². The smallest absolute Gasteiger partial charge is 0.158 e. The van der Waals surface area contributed by atoms with Crippen LogP contribution in [0.1, 0.15) is 96.1 Å². The van der Waals surface area contributed by atoms with Crippen molar-refractivity contribution < 1.29 is 19.3 Å². The molecule has 0 amide bonds. The lowest BCUT2D eigenvalue weighted by Gasteiger charge is -2.38. The monoisotopic (exact) mass is 420 g/mol. The van der Waals surface area contributed by atoms with Crippen molar-refractivity contribution in [3.8, 4) is 0 Å². The Hall–Kier alpha value is -0.940.